The van der Waals surface area contributed by atoms with Crippen LogP contribution in [0.15, 0.2) is 4.42 Å². The molecule has 0 aromatic carbocycles. The van der Waals surface area contributed by atoms with Gasteiger partial charge < -0.3 is 15.1 Å². The molecular weight excluding hydrogens is 232 g/mol. The van der Waals surface area contributed by atoms with Gasteiger partial charge in [0.15, 0.2) is 0 Å². The van der Waals surface area contributed by atoms with Gasteiger partial charge in [-0.25, -0.2) is 8.42 Å². The first kappa shape index (κ1) is 12.9. The maximum Gasteiger partial charge on any atom is 0.315 e. The highest BCUT2D eigenvalue weighted by molar-refractivity contribution is 7.90. The second-order valence-corrected chi connectivity index (χ2v) is 5.85. The number of sulfone groups is 1. The van der Waals surface area contributed by atoms with Crippen LogP contribution in [0.2, 0.25) is 0 Å². The molecule has 0 spiro atoms. The number of rotatable bonds is 6. The molecule has 8 heteroatoms. The molecule has 1 unspecified atom stereocenters. The summed E-state index contributed by atoms with van der Waals surface area (Å²) in [5.74, 6) is 0.480. The van der Waals surface area contributed by atoms with Crippen LogP contribution >= 0.6 is 0 Å². The van der Waals surface area contributed by atoms with E-state index in [9.17, 15) is 8.42 Å². The monoisotopic (exact) mass is 248 g/mol. The zero-order chi connectivity index (χ0) is 12.2. The summed E-state index contributed by atoms with van der Waals surface area (Å²) in [5.41, 5.74) is 0. The Morgan fingerprint density at radius 3 is 2.69 bits per heavy atom. The molecule has 0 aliphatic carbocycles. The van der Waals surface area contributed by atoms with Gasteiger partial charge in [-0.3, -0.25) is 0 Å². The molecule has 1 aromatic heterocycles. The van der Waals surface area contributed by atoms with E-state index in [0.717, 1.165) is 0 Å². The van der Waals surface area contributed by atoms with Crippen LogP contribution in [0.25, 0.3) is 0 Å². The van der Waals surface area contributed by atoms with E-state index in [1.54, 1.807) is 14.0 Å². The molecule has 1 rings (SSSR count). The largest absolute Gasteiger partial charge is 0.407 e. The molecule has 0 saturated heterocycles. The molecule has 1 aromatic rings. The molecule has 16 heavy (non-hydrogen) atoms. The van der Waals surface area contributed by atoms with Crippen molar-refractivity contribution in [2.24, 2.45) is 0 Å². The molecule has 7 nitrogen and oxygen atoms in total. The lowest BCUT2D eigenvalue weighted by Gasteiger charge is -2.09. The molecule has 0 saturated carbocycles. The fraction of sp³-hybridized carbons (Fsp3) is 0.750. The van der Waals surface area contributed by atoms with Crippen LogP contribution in [0.4, 0.5) is 6.01 Å². The summed E-state index contributed by atoms with van der Waals surface area (Å²) in [6.45, 7) is 2.22. The number of aromatic nitrogens is 2. The van der Waals surface area contributed by atoms with Gasteiger partial charge in [0.25, 0.3) is 0 Å². The van der Waals surface area contributed by atoms with Gasteiger partial charge in [-0.1, -0.05) is 5.10 Å². The quantitative estimate of drug-likeness (QED) is 0.709. The van der Waals surface area contributed by atoms with Crippen molar-refractivity contribution < 1.29 is 12.8 Å². The highest BCUT2D eigenvalue weighted by Crippen LogP contribution is 2.07. The Labute approximate surface area is 94.5 Å². The van der Waals surface area contributed by atoms with Gasteiger partial charge in [0.05, 0.1) is 12.3 Å². The van der Waals surface area contributed by atoms with Crippen molar-refractivity contribution in [3.05, 3.63) is 5.89 Å². The van der Waals surface area contributed by atoms with Crippen molar-refractivity contribution in [2.45, 2.75) is 19.5 Å². The summed E-state index contributed by atoms with van der Waals surface area (Å²) in [6, 6.07) is -0.0284. The number of hydrogen-bond acceptors (Lipinski definition) is 7. The Balaban J connectivity index is 2.52. The fourth-order valence-corrected chi connectivity index (χ4v) is 2.23. The first-order chi connectivity index (χ1) is 7.40. The minimum atomic E-state index is -3.01. The number of nitrogens with zero attached hydrogens (tertiary/aromatic N) is 2. The van der Waals surface area contributed by atoms with Crippen molar-refractivity contribution in [2.75, 3.05) is 24.4 Å². The van der Waals surface area contributed by atoms with E-state index in [4.69, 9.17) is 4.42 Å². The van der Waals surface area contributed by atoms with Crippen molar-refractivity contribution >= 4 is 15.9 Å². The lowest BCUT2D eigenvalue weighted by molar-refractivity contribution is 0.486. The predicted octanol–water partition coefficient (Wildman–Crippen LogP) is -0.366. The van der Waals surface area contributed by atoms with Crippen molar-refractivity contribution in [1.82, 2.24) is 15.5 Å². The molecular formula is C8H16N4O3S. The van der Waals surface area contributed by atoms with Gasteiger partial charge in [-0.2, -0.15) is 0 Å². The van der Waals surface area contributed by atoms with Crippen LogP contribution in [0, 0.1) is 0 Å². The fourth-order valence-electron chi connectivity index (χ4n) is 1.24. The third-order valence-electron chi connectivity index (χ3n) is 1.72. The lowest BCUT2D eigenvalue weighted by Crippen LogP contribution is -2.25. The van der Waals surface area contributed by atoms with Crippen LogP contribution in [-0.4, -0.2) is 43.7 Å². The Kier molecular flexibility index (Phi) is 4.25. The minimum Gasteiger partial charge on any atom is -0.407 e. The Hall–Kier alpha value is -1.15. The second kappa shape index (κ2) is 5.26. The van der Waals surface area contributed by atoms with Gasteiger partial charge in [-0.05, 0) is 14.0 Å². The van der Waals surface area contributed by atoms with E-state index in [1.165, 1.54) is 6.26 Å². The van der Waals surface area contributed by atoms with Gasteiger partial charge >= 0.3 is 6.01 Å². The molecule has 0 radical (unpaired) electrons. The molecule has 0 amide bonds. The Morgan fingerprint density at radius 2 is 2.12 bits per heavy atom. The summed E-state index contributed by atoms with van der Waals surface area (Å²) >= 11 is 0. The van der Waals surface area contributed by atoms with Gasteiger partial charge in [-0.15, -0.1) is 5.10 Å². The number of anilines is 1. The number of hydrogen-bond donors (Lipinski definition) is 2. The second-order valence-electron chi connectivity index (χ2n) is 3.67. The maximum absolute atomic E-state index is 11.0. The average molecular weight is 248 g/mol. The molecule has 0 aliphatic rings. The minimum absolute atomic E-state index is 0.0245. The molecule has 0 aliphatic heterocycles. The first-order valence-corrected chi connectivity index (χ1v) is 6.88. The van der Waals surface area contributed by atoms with Crippen molar-refractivity contribution in [3.8, 4) is 0 Å². The smallest absolute Gasteiger partial charge is 0.315 e. The molecule has 1 atom stereocenters. The summed E-state index contributed by atoms with van der Waals surface area (Å²) in [5, 5.41) is 13.2. The van der Waals surface area contributed by atoms with Crippen molar-refractivity contribution in [3.63, 3.8) is 0 Å². The third-order valence-corrected chi connectivity index (χ3v) is 2.82. The van der Waals surface area contributed by atoms with E-state index >= 15 is 0 Å². The Morgan fingerprint density at radius 1 is 1.44 bits per heavy atom. The molecule has 2 N–H and O–H groups in total. The van der Waals surface area contributed by atoms with E-state index in [2.05, 4.69) is 20.8 Å². The first-order valence-electron chi connectivity index (χ1n) is 4.82. The van der Waals surface area contributed by atoms with Gasteiger partial charge in [0.2, 0.25) is 5.89 Å². The third kappa shape index (κ3) is 4.58. The molecule has 0 bridgehead atoms. The van der Waals surface area contributed by atoms with Gasteiger partial charge in [0.1, 0.15) is 9.84 Å². The zero-order valence-electron chi connectivity index (χ0n) is 9.52. The summed E-state index contributed by atoms with van der Waals surface area (Å²) < 4.78 is 27.3. The zero-order valence-corrected chi connectivity index (χ0v) is 10.3. The summed E-state index contributed by atoms with van der Waals surface area (Å²) in [4.78, 5) is 0. The molecule has 92 valence electrons. The van der Waals surface area contributed by atoms with Crippen LogP contribution < -0.4 is 10.6 Å². The number of nitrogens with one attached hydrogen (secondary N) is 2. The van der Waals surface area contributed by atoms with Gasteiger partial charge in [0, 0.05) is 12.3 Å². The Bertz CT molecular complexity index is 428. The van der Waals surface area contributed by atoms with Crippen LogP contribution in [0.1, 0.15) is 12.8 Å². The standard InChI is InChI=1S/C8H16N4O3S/c1-6(5-16(3,13)14)10-8-12-11-7(15-8)4-9-2/h6,9H,4-5H2,1-3H3,(H,10,12). The SMILES string of the molecule is CNCc1nnc(NC(C)CS(C)(=O)=O)o1. The van der Waals surface area contributed by atoms with E-state index < -0.39 is 9.84 Å². The summed E-state index contributed by atoms with van der Waals surface area (Å²) in [6.07, 6.45) is 1.19. The van der Waals surface area contributed by atoms with Crippen molar-refractivity contribution in [1.29, 1.82) is 0 Å². The van der Waals surface area contributed by atoms with Crippen LogP contribution in [-0.2, 0) is 16.4 Å². The highest BCUT2D eigenvalue weighted by Gasteiger charge is 2.13. The lowest BCUT2D eigenvalue weighted by atomic mass is 10.4. The van der Waals surface area contributed by atoms with E-state index in [1.807, 2.05) is 0 Å². The molecule has 1 heterocycles. The topological polar surface area (TPSA) is 97.1 Å². The normalized spacial score (nSPS) is 13.7. The highest BCUT2D eigenvalue weighted by atomic mass is 32.2. The van der Waals surface area contributed by atoms with E-state index in [-0.39, 0.29) is 17.8 Å². The average Bonchev–Trinajstić information content (AvgIpc) is 2.49. The predicted molar refractivity (Wildman–Crippen MR) is 59.9 cm³/mol. The molecule has 0 fully saturated rings. The maximum atomic E-state index is 11.0. The van der Waals surface area contributed by atoms with Crippen LogP contribution in [0.3, 0.4) is 0 Å². The summed E-state index contributed by atoms with van der Waals surface area (Å²) in [7, 11) is -1.24. The van der Waals surface area contributed by atoms with E-state index in [0.29, 0.717) is 12.4 Å². The van der Waals surface area contributed by atoms with Crippen LogP contribution in [0.5, 0.6) is 0 Å².